The molecule has 3 nitrogen and oxygen atoms in total. The van der Waals surface area contributed by atoms with Crippen LogP contribution in [-0.4, -0.2) is 31.9 Å². The van der Waals surface area contributed by atoms with Gasteiger partial charge >= 0.3 is 0 Å². The highest BCUT2D eigenvalue weighted by molar-refractivity contribution is 5.28. The first-order chi connectivity index (χ1) is 9.15. The van der Waals surface area contributed by atoms with Crippen LogP contribution in [0.2, 0.25) is 0 Å². The Morgan fingerprint density at radius 1 is 1.42 bits per heavy atom. The van der Waals surface area contributed by atoms with Crippen LogP contribution >= 0.6 is 0 Å². The minimum absolute atomic E-state index is 0.00565. The summed E-state index contributed by atoms with van der Waals surface area (Å²) in [5.41, 5.74) is 0.632. The summed E-state index contributed by atoms with van der Waals surface area (Å²) in [6.07, 6.45) is 1.93. The largest absolute Gasteiger partial charge is 0.487 e. The summed E-state index contributed by atoms with van der Waals surface area (Å²) < 4.78 is 25.1. The maximum atomic E-state index is 13.5. The molecule has 0 radical (unpaired) electrons. The second kappa shape index (κ2) is 6.35. The molecule has 1 aromatic rings. The van der Waals surface area contributed by atoms with E-state index >= 15 is 0 Å². The van der Waals surface area contributed by atoms with Crippen molar-refractivity contribution in [3.05, 3.63) is 29.6 Å². The first kappa shape index (κ1) is 14.3. The van der Waals surface area contributed by atoms with Crippen LogP contribution in [0.3, 0.4) is 0 Å². The molecule has 1 saturated carbocycles. The van der Waals surface area contributed by atoms with E-state index in [1.165, 1.54) is 6.07 Å². The lowest BCUT2D eigenvalue weighted by atomic mass is 9.85. The van der Waals surface area contributed by atoms with Crippen LogP contribution < -0.4 is 10.1 Å². The summed E-state index contributed by atoms with van der Waals surface area (Å²) in [7, 11) is 1.93. The van der Waals surface area contributed by atoms with Gasteiger partial charge in [-0.25, -0.2) is 4.39 Å². The van der Waals surface area contributed by atoms with E-state index in [9.17, 15) is 4.39 Å². The van der Waals surface area contributed by atoms with E-state index in [0.29, 0.717) is 17.4 Å². The number of ether oxygens (including phenoxy) is 2. The van der Waals surface area contributed by atoms with Gasteiger partial charge in [0.15, 0.2) is 0 Å². The Balaban J connectivity index is 1.96. The predicted molar refractivity (Wildman–Crippen MR) is 73.0 cm³/mol. The lowest BCUT2D eigenvalue weighted by Crippen LogP contribution is -2.60. The number of halogens is 1. The van der Waals surface area contributed by atoms with E-state index in [0.717, 1.165) is 19.4 Å². The lowest BCUT2D eigenvalue weighted by Gasteiger charge is -2.43. The number of nitrogens with one attached hydrogen (secondary N) is 1. The Kier molecular flexibility index (Phi) is 4.77. The van der Waals surface area contributed by atoms with Crippen molar-refractivity contribution in [2.24, 2.45) is 0 Å². The van der Waals surface area contributed by atoms with Crippen LogP contribution in [0.4, 0.5) is 4.39 Å². The normalized spacial score (nSPS) is 26.0. The predicted octanol–water partition coefficient (Wildman–Crippen LogP) is 2.67. The Morgan fingerprint density at radius 3 is 2.84 bits per heavy atom. The molecule has 1 fully saturated rings. The number of likely N-dealkylation sites (N-methyl/N-ethyl adjacent to an activating group) is 1. The smallest absolute Gasteiger partial charge is 0.129 e. The Labute approximate surface area is 114 Å². The van der Waals surface area contributed by atoms with Crippen LogP contribution in [0.25, 0.3) is 0 Å². The zero-order valence-electron chi connectivity index (χ0n) is 11.8. The Bertz CT molecular complexity index is 425. The van der Waals surface area contributed by atoms with Crippen LogP contribution in [0, 0.1) is 12.7 Å². The summed E-state index contributed by atoms with van der Waals surface area (Å²) in [4.78, 5) is 0. The second-order valence-corrected chi connectivity index (χ2v) is 5.03. The fourth-order valence-corrected chi connectivity index (χ4v) is 2.28. The molecule has 19 heavy (non-hydrogen) atoms. The summed E-state index contributed by atoms with van der Waals surface area (Å²) in [5.74, 6) is 0.348. The highest BCUT2D eigenvalue weighted by Crippen LogP contribution is 2.29. The van der Waals surface area contributed by atoms with Crippen LogP contribution in [0.15, 0.2) is 18.2 Å². The van der Waals surface area contributed by atoms with Crippen molar-refractivity contribution in [1.29, 1.82) is 0 Å². The summed E-state index contributed by atoms with van der Waals surface area (Å²) in [5, 5.41) is 3.22. The van der Waals surface area contributed by atoms with Gasteiger partial charge < -0.3 is 14.8 Å². The molecule has 0 bridgehead atoms. The Morgan fingerprint density at radius 2 is 2.21 bits per heavy atom. The molecule has 2 rings (SSSR count). The molecule has 1 aromatic carbocycles. The first-order valence-electron chi connectivity index (χ1n) is 6.87. The molecule has 0 saturated heterocycles. The SMILES string of the molecule is CCCOC1C(NC)CC1Oc1ccc(C)c(F)c1. The van der Waals surface area contributed by atoms with Gasteiger partial charge in [-0.2, -0.15) is 0 Å². The fraction of sp³-hybridized carbons (Fsp3) is 0.600. The number of benzene rings is 1. The van der Waals surface area contributed by atoms with Crippen molar-refractivity contribution in [3.63, 3.8) is 0 Å². The van der Waals surface area contributed by atoms with Gasteiger partial charge in [0.2, 0.25) is 0 Å². The van der Waals surface area contributed by atoms with E-state index in [-0.39, 0.29) is 18.0 Å². The third kappa shape index (κ3) is 3.25. The highest BCUT2D eigenvalue weighted by atomic mass is 19.1. The molecule has 0 aliphatic heterocycles. The van der Waals surface area contributed by atoms with Gasteiger partial charge in [0.05, 0.1) is 0 Å². The summed E-state index contributed by atoms with van der Waals surface area (Å²) >= 11 is 0. The van der Waals surface area contributed by atoms with E-state index in [1.54, 1.807) is 13.0 Å². The third-order valence-electron chi connectivity index (χ3n) is 3.57. The molecule has 106 valence electrons. The van der Waals surface area contributed by atoms with Gasteiger partial charge in [0.1, 0.15) is 23.8 Å². The van der Waals surface area contributed by atoms with E-state index < -0.39 is 0 Å². The summed E-state index contributed by atoms with van der Waals surface area (Å²) in [6, 6.07) is 5.31. The minimum Gasteiger partial charge on any atom is -0.487 e. The summed E-state index contributed by atoms with van der Waals surface area (Å²) in [6.45, 7) is 4.55. The van der Waals surface area contributed by atoms with E-state index in [4.69, 9.17) is 9.47 Å². The molecule has 1 aliphatic rings. The van der Waals surface area contributed by atoms with Crippen molar-refractivity contribution in [3.8, 4) is 5.75 Å². The number of aryl methyl sites for hydroxylation is 1. The maximum absolute atomic E-state index is 13.5. The average molecular weight is 267 g/mol. The molecule has 0 heterocycles. The van der Waals surface area contributed by atoms with Crippen LogP contribution in [-0.2, 0) is 4.74 Å². The molecule has 3 atom stereocenters. The minimum atomic E-state index is -0.229. The first-order valence-corrected chi connectivity index (χ1v) is 6.87. The maximum Gasteiger partial charge on any atom is 0.129 e. The molecular formula is C15H22FNO2. The molecule has 4 heteroatoms. The lowest BCUT2D eigenvalue weighted by molar-refractivity contribution is -0.106. The average Bonchev–Trinajstić information content (AvgIpc) is 2.38. The van der Waals surface area contributed by atoms with Gasteiger partial charge in [0.25, 0.3) is 0 Å². The third-order valence-corrected chi connectivity index (χ3v) is 3.57. The molecule has 1 aliphatic carbocycles. The Hall–Kier alpha value is -1.13. The second-order valence-electron chi connectivity index (χ2n) is 5.03. The van der Waals surface area contributed by atoms with Gasteiger partial charge in [0, 0.05) is 25.1 Å². The molecule has 0 amide bonds. The molecular weight excluding hydrogens is 245 g/mol. The van der Waals surface area contributed by atoms with Crippen molar-refractivity contribution in [1.82, 2.24) is 5.32 Å². The van der Waals surface area contributed by atoms with Gasteiger partial charge in [-0.15, -0.1) is 0 Å². The number of hydrogen-bond acceptors (Lipinski definition) is 3. The monoisotopic (exact) mass is 267 g/mol. The number of rotatable bonds is 6. The molecule has 1 N–H and O–H groups in total. The molecule has 3 unspecified atom stereocenters. The van der Waals surface area contributed by atoms with E-state index in [2.05, 4.69) is 12.2 Å². The van der Waals surface area contributed by atoms with Gasteiger partial charge in [-0.05, 0) is 32.0 Å². The molecule has 0 aromatic heterocycles. The topological polar surface area (TPSA) is 30.5 Å². The standard InChI is InChI=1S/C15H22FNO2/c1-4-7-18-15-13(17-3)9-14(15)19-11-6-5-10(2)12(16)8-11/h5-6,8,13-15,17H,4,7,9H2,1-3H3. The number of hydrogen-bond donors (Lipinski definition) is 1. The van der Waals surface area contributed by atoms with Crippen molar-refractivity contribution in [2.45, 2.75) is 44.9 Å². The highest BCUT2D eigenvalue weighted by Gasteiger charge is 2.42. The zero-order chi connectivity index (χ0) is 13.8. The quantitative estimate of drug-likeness (QED) is 0.859. The van der Waals surface area contributed by atoms with Crippen molar-refractivity contribution < 1.29 is 13.9 Å². The van der Waals surface area contributed by atoms with Crippen molar-refractivity contribution >= 4 is 0 Å². The molecule has 0 spiro atoms. The van der Waals surface area contributed by atoms with Crippen molar-refractivity contribution in [2.75, 3.05) is 13.7 Å². The fourth-order valence-electron chi connectivity index (χ4n) is 2.28. The van der Waals surface area contributed by atoms with Gasteiger partial charge in [-0.1, -0.05) is 13.0 Å². The van der Waals surface area contributed by atoms with Crippen LogP contribution in [0.1, 0.15) is 25.3 Å². The van der Waals surface area contributed by atoms with E-state index in [1.807, 2.05) is 13.1 Å². The van der Waals surface area contributed by atoms with Gasteiger partial charge in [-0.3, -0.25) is 0 Å². The zero-order valence-corrected chi connectivity index (χ0v) is 11.8. The van der Waals surface area contributed by atoms with Crippen LogP contribution in [0.5, 0.6) is 5.75 Å².